The number of benzene rings is 1. The van der Waals surface area contributed by atoms with Gasteiger partial charge in [0.05, 0.1) is 5.75 Å². The molecular formula is C10H12BrFO2S2. The molecule has 16 heavy (non-hydrogen) atoms. The lowest BCUT2D eigenvalue weighted by atomic mass is 10.2. The van der Waals surface area contributed by atoms with Gasteiger partial charge in [-0.3, -0.25) is 0 Å². The quantitative estimate of drug-likeness (QED) is 0.780. The number of hydrogen-bond donors (Lipinski definition) is 0. The van der Waals surface area contributed by atoms with Gasteiger partial charge in [0.1, 0.15) is 15.7 Å². The van der Waals surface area contributed by atoms with Gasteiger partial charge in [0.25, 0.3) is 0 Å². The molecule has 0 atom stereocenters. The van der Waals surface area contributed by atoms with Crippen molar-refractivity contribution < 1.29 is 12.8 Å². The van der Waals surface area contributed by atoms with E-state index in [0.717, 1.165) is 10.0 Å². The van der Waals surface area contributed by atoms with Gasteiger partial charge in [-0.1, -0.05) is 22.0 Å². The van der Waals surface area contributed by atoms with E-state index in [1.165, 1.54) is 30.2 Å². The molecule has 1 rings (SSSR count). The van der Waals surface area contributed by atoms with Crippen molar-refractivity contribution in [2.24, 2.45) is 0 Å². The normalized spacial score (nSPS) is 11.7. The lowest BCUT2D eigenvalue weighted by Crippen LogP contribution is -2.05. The predicted octanol–water partition coefficient (Wildman–Crippen LogP) is 2.87. The first kappa shape index (κ1) is 14.0. The van der Waals surface area contributed by atoms with Crippen LogP contribution in [0.3, 0.4) is 0 Å². The first-order chi connectivity index (χ1) is 7.38. The molecule has 0 N–H and O–H groups in total. The van der Waals surface area contributed by atoms with Crippen LogP contribution in [0.4, 0.5) is 4.39 Å². The molecule has 0 spiro atoms. The van der Waals surface area contributed by atoms with Crippen molar-refractivity contribution in [1.82, 2.24) is 0 Å². The molecule has 0 heterocycles. The van der Waals surface area contributed by atoms with Crippen LogP contribution in [0.5, 0.6) is 0 Å². The van der Waals surface area contributed by atoms with Gasteiger partial charge in [-0.15, -0.1) is 0 Å². The van der Waals surface area contributed by atoms with Crippen LogP contribution in [0.25, 0.3) is 0 Å². The minimum atomic E-state index is -2.89. The average molecular weight is 327 g/mol. The van der Waals surface area contributed by atoms with E-state index < -0.39 is 9.84 Å². The van der Waals surface area contributed by atoms with Crippen LogP contribution in [0, 0.1) is 5.82 Å². The molecule has 90 valence electrons. The standard InChI is InChI=1S/C10H12BrFO2S2/c1-16(13,14)5-4-15-7-8-2-3-9(12)6-10(8)11/h2-3,6H,4-5,7H2,1H3. The number of rotatable bonds is 5. The van der Waals surface area contributed by atoms with Crippen molar-refractivity contribution >= 4 is 37.5 Å². The molecule has 0 bridgehead atoms. The van der Waals surface area contributed by atoms with Gasteiger partial charge in [-0.25, -0.2) is 12.8 Å². The largest absolute Gasteiger partial charge is 0.229 e. The fourth-order valence-electron chi connectivity index (χ4n) is 1.03. The Kier molecular flexibility index (Phi) is 5.27. The van der Waals surface area contributed by atoms with Crippen LogP contribution in [0.2, 0.25) is 0 Å². The van der Waals surface area contributed by atoms with Crippen LogP contribution in [0.15, 0.2) is 22.7 Å². The fourth-order valence-corrected chi connectivity index (χ4v) is 4.01. The number of thioether (sulfide) groups is 1. The third-order valence-corrected chi connectivity index (χ3v) is 4.82. The van der Waals surface area contributed by atoms with Gasteiger partial charge in [0.15, 0.2) is 0 Å². The van der Waals surface area contributed by atoms with Gasteiger partial charge in [0.2, 0.25) is 0 Å². The molecule has 2 nitrogen and oxygen atoms in total. The summed E-state index contributed by atoms with van der Waals surface area (Å²) in [4.78, 5) is 0. The Morgan fingerprint density at radius 3 is 2.69 bits per heavy atom. The van der Waals surface area contributed by atoms with Crippen molar-refractivity contribution in [1.29, 1.82) is 0 Å². The van der Waals surface area contributed by atoms with E-state index in [1.807, 2.05) is 0 Å². The van der Waals surface area contributed by atoms with E-state index in [0.29, 0.717) is 11.5 Å². The highest BCUT2D eigenvalue weighted by atomic mass is 79.9. The Bertz CT molecular complexity index is 460. The van der Waals surface area contributed by atoms with E-state index in [2.05, 4.69) is 15.9 Å². The summed E-state index contributed by atoms with van der Waals surface area (Å²) in [5, 5.41) is 0. The summed E-state index contributed by atoms with van der Waals surface area (Å²) >= 11 is 4.79. The van der Waals surface area contributed by atoms with Crippen LogP contribution < -0.4 is 0 Å². The molecule has 0 unspecified atom stereocenters. The Morgan fingerprint density at radius 2 is 2.12 bits per heavy atom. The van der Waals surface area contributed by atoms with Gasteiger partial charge in [-0.05, 0) is 17.7 Å². The third-order valence-electron chi connectivity index (χ3n) is 1.87. The van der Waals surface area contributed by atoms with Crippen LogP contribution in [-0.2, 0) is 15.6 Å². The molecule has 0 aliphatic heterocycles. The van der Waals surface area contributed by atoms with Crippen LogP contribution >= 0.6 is 27.7 Å². The van der Waals surface area contributed by atoms with Gasteiger partial charge in [0, 0.05) is 22.2 Å². The summed E-state index contributed by atoms with van der Waals surface area (Å²) in [6.07, 6.45) is 1.22. The summed E-state index contributed by atoms with van der Waals surface area (Å²) in [5.74, 6) is 1.13. The first-order valence-electron chi connectivity index (χ1n) is 4.58. The summed E-state index contributed by atoms with van der Waals surface area (Å²) in [6.45, 7) is 0. The minimum Gasteiger partial charge on any atom is -0.229 e. The van der Waals surface area contributed by atoms with E-state index in [4.69, 9.17) is 0 Å². The van der Waals surface area contributed by atoms with E-state index in [-0.39, 0.29) is 11.6 Å². The lowest BCUT2D eigenvalue weighted by Gasteiger charge is -2.04. The molecule has 0 amide bonds. The van der Waals surface area contributed by atoms with Gasteiger partial charge in [-0.2, -0.15) is 11.8 Å². The zero-order valence-corrected chi connectivity index (χ0v) is 12.0. The molecule has 0 fully saturated rings. The molecule has 0 aliphatic rings. The molecule has 1 aromatic carbocycles. The van der Waals surface area contributed by atoms with Gasteiger partial charge >= 0.3 is 0 Å². The highest BCUT2D eigenvalue weighted by molar-refractivity contribution is 9.10. The second-order valence-electron chi connectivity index (χ2n) is 3.42. The average Bonchev–Trinajstić information content (AvgIpc) is 2.13. The summed E-state index contributed by atoms with van der Waals surface area (Å²) in [7, 11) is -2.89. The summed E-state index contributed by atoms with van der Waals surface area (Å²) in [5.41, 5.74) is 0.972. The lowest BCUT2D eigenvalue weighted by molar-refractivity contribution is 0.603. The maximum absolute atomic E-state index is 12.8. The summed E-state index contributed by atoms with van der Waals surface area (Å²) < 4.78 is 35.3. The second kappa shape index (κ2) is 6.02. The van der Waals surface area contributed by atoms with Crippen molar-refractivity contribution in [2.75, 3.05) is 17.8 Å². The van der Waals surface area contributed by atoms with E-state index in [9.17, 15) is 12.8 Å². The van der Waals surface area contributed by atoms with Gasteiger partial charge < -0.3 is 0 Å². The Labute approximate surface area is 108 Å². The summed E-state index contributed by atoms with van der Waals surface area (Å²) in [6, 6.07) is 4.51. The molecule has 6 heteroatoms. The SMILES string of the molecule is CS(=O)(=O)CCSCc1ccc(F)cc1Br. The van der Waals surface area contributed by atoms with Crippen molar-refractivity contribution in [3.63, 3.8) is 0 Å². The predicted molar refractivity (Wildman–Crippen MR) is 70.0 cm³/mol. The Morgan fingerprint density at radius 1 is 1.44 bits per heavy atom. The Balaban J connectivity index is 2.43. The molecule has 0 radical (unpaired) electrons. The monoisotopic (exact) mass is 326 g/mol. The third kappa shape index (κ3) is 5.32. The fraction of sp³-hybridized carbons (Fsp3) is 0.400. The minimum absolute atomic E-state index is 0.177. The smallest absolute Gasteiger partial charge is 0.148 e. The molecule has 0 aliphatic carbocycles. The van der Waals surface area contributed by atoms with Crippen molar-refractivity contribution in [2.45, 2.75) is 5.75 Å². The van der Waals surface area contributed by atoms with Crippen LogP contribution in [0.1, 0.15) is 5.56 Å². The van der Waals surface area contributed by atoms with Crippen LogP contribution in [-0.4, -0.2) is 26.2 Å². The number of hydrogen-bond acceptors (Lipinski definition) is 3. The number of sulfone groups is 1. The van der Waals surface area contributed by atoms with Crippen molar-refractivity contribution in [3.05, 3.63) is 34.1 Å². The zero-order chi connectivity index (χ0) is 12.2. The first-order valence-corrected chi connectivity index (χ1v) is 8.59. The Hall–Kier alpha value is -0.0700. The maximum atomic E-state index is 12.8. The molecule has 0 saturated heterocycles. The second-order valence-corrected chi connectivity index (χ2v) is 7.64. The molecule has 0 saturated carbocycles. The highest BCUT2D eigenvalue weighted by Gasteiger charge is 2.04. The zero-order valence-electron chi connectivity index (χ0n) is 8.74. The van der Waals surface area contributed by atoms with Crippen molar-refractivity contribution in [3.8, 4) is 0 Å². The topological polar surface area (TPSA) is 34.1 Å². The maximum Gasteiger partial charge on any atom is 0.148 e. The molecule has 1 aromatic rings. The van der Waals surface area contributed by atoms with E-state index >= 15 is 0 Å². The van der Waals surface area contributed by atoms with E-state index in [1.54, 1.807) is 6.07 Å². The molecular weight excluding hydrogens is 315 g/mol. The number of halogens is 2. The highest BCUT2D eigenvalue weighted by Crippen LogP contribution is 2.22. The molecule has 0 aromatic heterocycles.